The molecule has 0 amide bonds. The quantitative estimate of drug-likeness (QED) is 0.844. The lowest BCUT2D eigenvalue weighted by Gasteiger charge is -2.31. The highest BCUT2D eigenvalue weighted by Gasteiger charge is 2.28. The SMILES string of the molecule is CCCn1ccnc1C(NCC)C1CCCCO1. The summed E-state index contributed by atoms with van der Waals surface area (Å²) < 4.78 is 8.19. The zero-order valence-electron chi connectivity index (χ0n) is 11.6. The van der Waals surface area contributed by atoms with Crippen LogP contribution in [0.1, 0.15) is 51.4 Å². The van der Waals surface area contributed by atoms with E-state index in [4.69, 9.17) is 4.74 Å². The van der Waals surface area contributed by atoms with Gasteiger partial charge in [-0.25, -0.2) is 4.98 Å². The van der Waals surface area contributed by atoms with Gasteiger partial charge in [-0.2, -0.15) is 0 Å². The number of imidazole rings is 1. The summed E-state index contributed by atoms with van der Waals surface area (Å²) in [6.07, 6.45) is 8.98. The molecule has 1 aromatic rings. The van der Waals surface area contributed by atoms with Crippen LogP contribution < -0.4 is 5.32 Å². The molecule has 2 heterocycles. The van der Waals surface area contributed by atoms with Gasteiger partial charge in [0.05, 0.1) is 12.1 Å². The number of hydrogen-bond acceptors (Lipinski definition) is 3. The van der Waals surface area contributed by atoms with Crippen molar-refractivity contribution in [3.63, 3.8) is 0 Å². The molecule has 4 nitrogen and oxygen atoms in total. The Bertz CT molecular complexity index is 345. The highest BCUT2D eigenvalue weighted by Crippen LogP contribution is 2.25. The lowest BCUT2D eigenvalue weighted by Crippen LogP contribution is -2.37. The van der Waals surface area contributed by atoms with E-state index in [-0.39, 0.29) is 12.1 Å². The number of nitrogens with zero attached hydrogens (tertiary/aromatic N) is 2. The van der Waals surface area contributed by atoms with E-state index in [1.807, 2.05) is 6.20 Å². The fourth-order valence-corrected chi connectivity index (χ4v) is 2.67. The highest BCUT2D eigenvalue weighted by molar-refractivity contribution is 5.03. The Morgan fingerprint density at radius 2 is 2.39 bits per heavy atom. The Kier molecular flexibility index (Phi) is 5.20. The lowest BCUT2D eigenvalue weighted by atomic mass is 10.0. The van der Waals surface area contributed by atoms with Crippen molar-refractivity contribution in [2.24, 2.45) is 0 Å². The Labute approximate surface area is 110 Å². The van der Waals surface area contributed by atoms with E-state index >= 15 is 0 Å². The van der Waals surface area contributed by atoms with Crippen LogP contribution in [0, 0.1) is 0 Å². The van der Waals surface area contributed by atoms with Crippen LogP contribution in [-0.4, -0.2) is 28.8 Å². The van der Waals surface area contributed by atoms with Crippen LogP contribution in [0.3, 0.4) is 0 Å². The number of likely N-dealkylation sites (N-methyl/N-ethyl adjacent to an activating group) is 1. The molecule has 1 saturated heterocycles. The molecule has 2 atom stereocenters. The Morgan fingerprint density at radius 3 is 3.06 bits per heavy atom. The maximum absolute atomic E-state index is 5.93. The maximum Gasteiger partial charge on any atom is 0.128 e. The average Bonchev–Trinajstić information content (AvgIpc) is 2.85. The first-order valence-electron chi connectivity index (χ1n) is 7.22. The van der Waals surface area contributed by atoms with Gasteiger partial charge in [0.15, 0.2) is 0 Å². The third-order valence-corrected chi connectivity index (χ3v) is 3.50. The largest absolute Gasteiger partial charge is 0.376 e. The summed E-state index contributed by atoms with van der Waals surface area (Å²) in [5.74, 6) is 1.13. The van der Waals surface area contributed by atoms with Gasteiger partial charge in [-0.3, -0.25) is 0 Å². The van der Waals surface area contributed by atoms with Gasteiger partial charge in [0.25, 0.3) is 0 Å². The van der Waals surface area contributed by atoms with E-state index in [1.165, 1.54) is 12.8 Å². The molecule has 0 bridgehead atoms. The molecule has 0 radical (unpaired) electrons. The molecule has 0 saturated carbocycles. The van der Waals surface area contributed by atoms with Crippen LogP contribution in [0.2, 0.25) is 0 Å². The van der Waals surface area contributed by atoms with Gasteiger partial charge < -0.3 is 14.6 Å². The van der Waals surface area contributed by atoms with Crippen LogP contribution >= 0.6 is 0 Å². The van der Waals surface area contributed by atoms with Gasteiger partial charge in [0.1, 0.15) is 5.82 Å². The first-order valence-corrected chi connectivity index (χ1v) is 7.22. The molecule has 1 aliphatic heterocycles. The Hall–Kier alpha value is -0.870. The summed E-state index contributed by atoms with van der Waals surface area (Å²) in [6, 6.07) is 0.233. The predicted molar refractivity (Wildman–Crippen MR) is 72.5 cm³/mol. The van der Waals surface area contributed by atoms with Crippen LogP contribution in [0.4, 0.5) is 0 Å². The number of rotatable bonds is 6. The smallest absolute Gasteiger partial charge is 0.128 e. The van der Waals surface area contributed by atoms with E-state index in [9.17, 15) is 0 Å². The molecule has 1 aromatic heterocycles. The average molecular weight is 251 g/mol. The third-order valence-electron chi connectivity index (χ3n) is 3.50. The van der Waals surface area contributed by atoms with Crippen LogP contribution in [0.15, 0.2) is 12.4 Å². The molecule has 18 heavy (non-hydrogen) atoms. The molecule has 1 N–H and O–H groups in total. The lowest BCUT2D eigenvalue weighted by molar-refractivity contribution is -0.0104. The topological polar surface area (TPSA) is 39.1 Å². The second kappa shape index (κ2) is 6.90. The first kappa shape index (κ1) is 13.6. The van der Waals surface area contributed by atoms with E-state index in [1.54, 1.807) is 0 Å². The molecule has 1 fully saturated rings. The fourth-order valence-electron chi connectivity index (χ4n) is 2.67. The minimum absolute atomic E-state index is 0.233. The van der Waals surface area contributed by atoms with E-state index in [0.717, 1.165) is 38.4 Å². The van der Waals surface area contributed by atoms with Crippen LogP contribution in [-0.2, 0) is 11.3 Å². The zero-order valence-corrected chi connectivity index (χ0v) is 11.6. The second-order valence-corrected chi connectivity index (χ2v) is 4.92. The molecule has 0 spiro atoms. The Morgan fingerprint density at radius 1 is 1.50 bits per heavy atom. The van der Waals surface area contributed by atoms with Gasteiger partial charge in [0, 0.05) is 25.5 Å². The van der Waals surface area contributed by atoms with Crippen LogP contribution in [0.25, 0.3) is 0 Å². The summed E-state index contributed by atoms with van der Waals surface area (Å²) >= 11 is 0. The van der Waals surface area contributed by atoms with Crippen molar-refractivity contribution in [3.05, 3.63) is 18.2 Å². The number of ether oxygens (including phenoxy) is 1. The van der Waals surface area contributed by atoms with Crippen LogP contribution in [0.5, 0.6) is 0 Å². The normalized spacial score (nSPS) is 22.0. The summed E-state index contributed by atoms with van der Waals surface area (Å²) in [5, 5.41) is 3.55. The molecule has 0 aromatic carbocycles. The standard InChI is InChI=1S/C14H25N3O/c1-3-9-17-10-8-16-14(17)13(15-4-2)12-7-5-6-11-18-12/h8,10,12-13,15H,3-7,9,11H2,1-2H3. The number of aryl methyl sites for hydroxylation is 1. The molecule has 2 unspecified atom stereocenters. The maximum atomic E-state index is 5.93. The highest BCUT2D eigenvalue weighted by atomic mass is 16.5. The van der Waals surface area contributed by atoms with Crippen molar-refractivity contribution < 1.29 is 4.74 Å². The minimum Gasteiger partial charge on any atom is -0.376 e. The van der Waals surface area contributed by atoms with Gasteiger partial charge in [-0.1, -0.05) is 13.8 Å². The van der Waals surface area contributed by atoms with Gasteiger partial charge in [-0.05, 0) is 32.2 Å². The number of nitrogens with one attached hydrogen (secondary N) is 1. The summed E-state index contributed by atoms with van der Waals surface area (Å²) in [4.78, 5) is 4.55. The summed E-state index contributed by atoms with van der Waals surface area (Å²) in [7, 11) is 0. The van der Waals surface area contributed by atoms with Gasteiger partial charge in [-0.15, -0.1) is 0 Å². The third kappa shape index (κ3) is 3.12. The molecule has 0 aliphatic carbocycles. The number of hydrogen-bond donors (Lipinski definition) is 1. The van der Waals surface area contributed by atoms with E-state index < -0.39 is 0 Å². The van der Waals surface area contributed by atoms with Crippen molar-refractivity contribution in [2.45, 2.75) is 58.2 Å². The van der Waals surface area contributed by atoms with E-state index in [0.29, 0.717) is 0 Å². The molecule has 2 rings (SSSR count). The van der Waals surface area contributed by atoms with Crippen molar-refractivity contribution in [2.75, 3.05) is 13.2 Å². The summed E-state index contributed by atoms with van der Waals surface area (Å²) in [5.41, 5.74) is 0. The van der Waals surface area contributed by atoms with Crippen molar-refractivity contribution in [1.29, 1.82) is 0 Å². The molecule has 4 heteroatoms. The van der Waals surface area contributed by atoms with Gasteiger partial charge in [0.2, 0.25) is 0 Å². The molecule has 102 valence electrons. The predicted octanol–water partition coefficient (Wildman–Crippen LogP) is 2.51. The summed E-state index contributed by atoms with van der Waals surface area (Å²) in [6.45, 7) is 7.21. The zero-order chi connectivity index (χ0) is 12.8. The monoisotopic (exact) mass is 251 g/mol. The van der Waals surface area contributed by atoms with E-state index in [2.05, 4.69) is 34.9 Å². The van der Waals surface area contributed by atoms with Crippen molar-refractivity contribution >= 4 is 0 Å². The van der Waals surface area contributed by atoms with Crippen molar-refractivity contribution in [3.8, 4) is 0 Å². The molecule has 1 aliphatic rings. The molecular formula is C14H25N3O. The minimum atomic E-state index is 0.233. The fraction of sp³-hybridized carbons (Fsp3) is 0.786. The molecular weight excluding hydrogens is 226 g/mol. The first-order chi connectivity index (χ1) is 8.86. The second-order valence-electron chi connectivity index (χ2n) is 4.92. The number of aromatic nitrogens is 2. The Balaban J connectivity index is 2.14. The van der Waals surface area contributed by atoms with Gasteiger partial charge >= 0.3 is 0 Å². The van der Waals surface area contributed by atoms with Crippen molar-refractivity contribution in [1.82, 2.24) is 14.9 Å².